The molecule has 0 saturated carbocycles. The number of aromatic nitrogens is 1. The van der Waals surface area contributed by atoms with Crippen LogP contribution in [0.25, 0.3) is 0 Å². The SMILES string of the molecule is Cc1ncc(F)c(CO)c1C(F)F. The first-order valence-corrected chi connectivity index (χ1v) is 3.60. The van der Waals surface area contributed by atoms with Crippen LogP contribution >= 0.6 is 0 Å². The van der Waals surface area contributed by atoms with E-state index in [4.69, 9.17) is 5.11 Å². The second kappa shape index (κ2) is 3.74. The fourth-order valence-electron chi connectivity index (χ4n) is 1.10. The maximum Gasteiger partial charge on any atom is 0.266 e. The third-order valence-corrected chi connectivity index (χ3v) is 1.75. The lowest BCUT2D eigenvalue weighted by atomic mass is 10.1. The van der Waals surface area contributed by atoms with Crippen molar-refractivity contribution in [1.29, 1.82) is 0 Å². The zero-order chi connectivity index (χ0) is 10.0. The Kier molecular flexibility index (Phi) is 2.87. The molecule has 0 bridgehead atoms. The average Bonchev–Trinajstić information content (AvgIpc) is 2.07. The Labute approximate surface area is 73.0 Å². The van der Waals surface area contributed by atoms with Crippen molar-refractivity contribution in [3.8, 4) is 0 Å². The largest absolute Gasteiger partial charge is 0.392 e. The normalized spacial score (nSPS) is 10.9. The molecule has 0 fully saturated rings. The minimum absolute atomic E-state index is 0.0421. The lowest BCUT2D eigenvalue weighted by molar-refractivity contribution is 0.144. The summed E-state index contributed by atoms with van der Waals surface area (Å²) in [5.41, 5.74) is -0.842. The number of aryl methyl sites for hydroxylation is 1. The van der Waals surface area contributed by atoms with E-state index in [1.165, 1.54) is 6.92 Å². The van der Waals surface area contributed by atoms with Gasteiger partial charge in [-0.1, -0.05) is 0 Å². The minimum atomic E-state index is -2.81. The molecule has 1 N–H and O–H groups in total. The molecule has 0 amide bonds. The Morgan fingerprint density at radius 2 is 2.15 bits per heavy atom. The smallest absolute Gasteiger partial charge is 0.266 e. The van der Waals surface area contributed by atoms with Crippen molar-refractivity contribution in [2.75, 3.05) is 0 Å². The van der Waals surface area contributed by atoms with Crippen LogP contribution in [0.15, 0.2) is 6.20 Å². The number of alkyl halides is 2. The van der Waals surface area contributed by atoms with Crippen molar-refractivity contribution >= 4 is 0 Å². The van der Waals surface area contributed by atoms with Crippen molar-refractivity contribution in [2.45, 2.75) is 20.0 Å². The van der Waals surface area contributed by atoms with Crippen LogP contribution in [0.3, 0.4) is 0 Å². The van der Waals surface area contributed by atoms with E-state index in [9.17, 15) is 13.2 Å². The monoisotopic (exact) mass is 191 g/mol. The van der Waals surface area contributed by atoms with Gasteiger partial charge in [0, 0.05) is 16.8 Å². The van der Waals surface area contributed by atoms with E-state index in [2.05, 4.69) is 4.98 Å². The van der Waals surface area contributed by atoms with Crippen LogP contribution in [0.4, 0.5) is 13.2 Å². The summed E-state index contributed by atoms with van der Waals surface area (Å²) in [5, 5.41) is 8.67. The molecule has 0 aliphatic rings. The molecule has 1 rings (SSSR count). The van der Waals surface area contributed by atoms with Crippen molar-refractivity contribution in [3.63, 3.8) is 0 Å². The minimum Gasteiger partial charge on any atom is -0.392 e. The lowest BCUT2D eigenvalue weighted by Crippen LogP contribution is -2.03. The van der Waals surface area contributed by atoms with Crippen molar-refractivity contribution in [2.24, 2.45) is 0 Å². The number of aliphatic hydroxyl groups excluding tert-OH is 1. The second-order valence-corrected chi connectivity index (χ2v) is 2.54. The molecule has 13 heavy (non-hydrogen) atoms. The Morgan fingerprint density at radius 1 is 1.54 bits per heavy atom. The van der Waals surface area contributed by atoms with Crippen LogP contribution in [0.1, 0.15) is 23.2 Å². The molecule has 0 unspecified atom stereocenters. The number of aliphatic hydroxyl groups is 1. The molecule has 2 nitrogen and oxygen atoms in total. The van der Waals surface area contributed by atoms with Crippen molar-refractivity contribution in [3.05, 3.63) is 28.8 Å². The third kappa shape index (κ3) is 1.80. The van der Waals surface area contributed by atoms with E-state index in [1.807, 2.05) is 0 Å². The topological polar surface area (TPSA) is 33.1 Å². The van der Waals surface area contributed by atoms with Crippen LogP contribution in [0, 0.1) is 12.7 Å². The fraction of sp³-hybridized carbons (Fsp3) is 0.375. The fourth-order valence-corrected chi connectivity index (χ4v) is 1.10. The highest BCUT2D eigenvalue weighted by Gasteiger charge is 2.19. The maximum absolute atomic E-state index is 12.8. The van der Waals surface area contributed by atoms with E-state index in [1.54, 1.807) is 0 Å². The second-order valence-electron chi connectivity index (χ2n) is 2.54. The van der Waals surface area contributed by atoms with Gasteiger partial charge in [0.2, 0.25) is 0 Å². The predicted octanol–water partition coefficient (Wildman–Crippen LogP) is 1.96. The highest BCUT2D eigenvalue weighted by atomic mass is 19.3. The van der Waals surface area contributed by atoms with Crippen LogP contribution in [0.2, 0.25) is 0 Å². The molecule has 1 aromatic rings. The van der Waals surface area contributed by atoms with Gasteiger partial charge in [0.15, 0.2) is 0 Å². The van der Waals surface area contributed by atoms with E-state index < -0.39 is 24.4 Å². The molecule has 0 radical (unpaired) electrons. The summed E-state index contributed by atoms with van der Waals surface area (Å²) in [5.74, 6) is -0.900. The van der Waals surface area contributed by atoms with Gasteiger partial charge in [0.05, 0.1) is 12.8 Å². The number of pyridine rings is 1. The molecular weight excluding hydrogens is 183 g/mol. The molecule has 5 heteroatoms. The number of nitrogens with zero attached hydrogens (tertiary/aromatic N) is 1. The average molecular weight is 191 g/mol. The highest BCUT2D eigenvalue weighted by molar-refractivity contribution is 5.31. The quantitative estimate of drug-likeness (QED) is 0.775. The zero-order valence-corrected chi connectivity index (χ0v) is 6.89. The number of halogens is 3. The van der Waals surface area contributed by atoms with Gasteiger partial charge in [-0.15, -0.1) is 0 Å². The molecule has 0 aliphatic heterocycles. The first-order chi connectivity index (χ1) is 6.07. The van der Waals surface area contributed by atoms with Gasteiger partial charge in [0.1, 0.15) is 5.82 Å². The van der Waals surface area contributed by atoms with Crippen molar-refractivity contribution < 1.29 is 18.3 Å². The van der Waals surface area contributed by atoms with E-state index in [0.717, 1.165) is 6.20 Å². The van der Waals surface area contributed by atoms with E-state index in [0.29, 0.717) is 0 Å². The Bertz CT molecular complexity index is 315. The van der Waals surface area contributed by atoms with Crippen LogP contribution < -0.4 is 0 Å². The van der Waals surface area contributed by atoms with Gasteiger partial charge in [-0.3, -0.25) is 4.98 Å². The third-order valence-electron chi connectivity index (χ3n) is 1.75. The summed E-state index contributed by atoms with van der Waals surface area (Å²) in [6.45, 7) is 0.606. The Balaban J connectivity index is 3.35. The van der Waals surface area contributed by atoms with Gasteiger partial charge in [-0.25, -0.2) is 13.2 Å². The molecule has 0 saturated heterocycles. The molecule has 0 atom stereocenters. The van der Waals surface area contributed by atoms with Gasteiger partial charge in [-0.2, -0.15) is 0 Å². The molecular formula is C8H8F3NO. The van der Waals surface area contributed by atoms with Gasteiger partial charge in [0.25, 0.3) is 6.43 Å². The lowest BCUT2D eigenvalue weighted by Gasteiger charge is -2.09. The Hall–Kier alpha value is -1.10. The molecule has 1 aromatic heterocycles. The summed E-state index contributed by atoms with van der Waals surface area (Å²) >= 11 is 0. The first kappa shape index (κ1) is 9.98. The summed E-state index contributed by atoms with van der Waals surface area (Å²) < 4.78 is 37.5. The van der Waals surface area contributed by atoms with Gasteiger partial charge >= 0.3 is 0 Å². The van der Waals surface area contributed by atoms with Crippen molar-refractivity contribution in [1.82, 2.24) is 4.98 Å². The highest BCUT2D eigenvalue weighted by Crippen LogP contribution is 2.26. The summed E-state index contributed by atoms with van der Waals surface area (Å²) in [7, 11) is 0. The number of rotatable bonds is 2. The zero-order valence-electron chi connectivity index (χ0n) is 6.89. The van der Waals surface area contributed by atoms with E-state index >= 15 is 0 Å². The van der Waals surface area contributed by atoms with Gasteiger partial charge in [-0.05, 0) is 6.92 Å². The molecule has 0 spiro atoms. The Morgan fingerprint density at radius 3 is 2.54 bits per heavy atom. The summed E-state index contributed by atoms with van der Waals surface area (Å²) in [4.78, 5) is 3.44. The first-order valence-electron chi connectivity index (χ1n) is 3.60. The molecule has 0 aliphatic carbocycles. The summed E-state index contributed by atoms with van der Waals surface area (Å²) in [6, 6.07) is 0. The molecule has 72 valence electrons. The standard InChI is InChI=1S/C8H8F3NO/c1-4-7(8(10)11)5(3-13)6(9)2-12-4/h2,8,13H,3H2,1H3. The van der Waals surface area contributed by atoms with Gasteiger partial charge < -0.3 is 5.11 Å². The van der Waals surface area contributed by atoms with Crippen LogP contribution in [-0.2, 0) is 6.61 Å². The predicted molar refractivity (Wildman–Crippen MR) is 39.8 cm³/mol. The van der Waals surface area contributed by atoms with Crippen LogP contribution in [-0.4, -0.2) is 10.1 Å². The summed E-state index contributed by atoms with van der Waals surface area (Å²) in [6.07, 6.45) is -1.99. The molecule has 0 aromatic carbocycles. The van der Waals surface area contributed by atoms with E-state index in [-0.39, 0.29) is 11.3 Å². The van der Waals surface area contributed by atoms with Crippen LogP contribution in [0.5, 0.6) is 0 Å². The molecule has 1 heterocycles. The maximum atomic E-state index is 12.8. The number of hydrogen-bond donors (Lipinski definition) is 1. The number of hydrogen-bond acceptors (Lipinski definition) is 2.